The van der Waals surface area contributed by atoms with Gasteiger partial charge in [-0.25, -0.2) is 0 Å². The molecule has 102 valence electrons. The van der Waals surface area contributed by atoms with Gasteiger partial charge < -0.3 is 10.4 Å². The van der Waals surface area contributed by atoms with E-state index in [1.807, 2.05) is 6.92 Å². The molecule has 1 aliphatic rings. The van der Waals surface area contributed by atoms with Gasteiger partial charge in [-0.05, 0) is 51.0 Å². The van der Waals surface area contributed by atoms with Crippen LogP contribution in [-0.4, -0.2) is 23.3 Å². The summed E-state index contributed by atoms with van der Waals surface area (Å²) in [5, 5.41) is 14.0. The summed E-state index contributed by atoms with van der Waals surface area (Å²) in [6, 6.07) is 0.292. The summed E-state index contributed by atoms with van der Waals surface area (Å²) in [5.41, 5.74) is -0.502. The van der Waals surface area contributed by atoms with Gasteiger partial charge in [0.05, 0.1) is 5.60 Å². The first-order chi connectivity index (χ1) is 7.97. The van der Waals surface area contributed by atoms with Crippen LogP contribution < -0.4 is 5.32 Å². The zero-order valence-corrected chi connectivity index (χ0v) is 12.1. The molecule has 3 atom stereocenters. The molecule has 0 bridgehead atoms. The lowest BCUT2D eigenvalue weighted by Gasteiger charge is -2.42. The van der Waals surface area contributed by atoms with Crippen molar-refractivity contribution in [3.63, 3.8) is 0 Å². The largest absolute Gasteiger partial charge is 0.389 e. The number of nitrogens with one attached hydrogen (secondary N) is 1. The third-order valence-electron chi connectivity index (χ3n) is 4.42. The Hall–Kier alpha value is -0.0800. The van der Waals surface area contributed by atoms with E-state index >= 15 is 0 Å². The van der Waals surface area contributed by atoms with E-state index in [4.69, 9.17) is 0 Å². The maximum absolute atomic E-state index is 10.4. The number of rotatable bonds is 6. The molecule has 1 saturated carbocycles. The van der Waals surface area contributed by atoms with E-state index in [0.717, 1.165) is 31.2 Å². The van der Waals surface area contributed by atoms with Crippen molar-refractivity contribution < 1.29 is 5.11 Å². The Labute approximate surface area is 107 Å². The van der Waals surface area contributed by atoms with Crippen LogP contribution in [0.3, 0.4) is 0 Å². The smallest absolute Gasteiger partial charge is 0.0772 e. The predicted molar refractivity (Wildman–Crippen MR) is 74.1 cm³/mol. The molecule has 0 radical (unpaired) electrons. The Morgan fingerprint density at radius 2 is 2.06 bits per heavy atom. The van der Waals surface area contributed by atoms with Crippen molar-refractivity contribution >= 4 is 0 Å². The van der Waals surface area contributed by atoms with Crippen LogP contribution in [0.15, 0.2) is 0 Å². The fourth-order valence-electron chi connectivity index (χ4n) is 2.89. The van der Waals surface area contributed by atoms with Gasteiger partial charge in [-0.1, -0.05) is 33.6 Å². The molecule has 1 aliphatic carbocycles. The molecule has 2 N–H and O–H groups in total. The highest BCUT2D eigenvalue weighted by atomic mass is 16.3. The Kier molecular flexibility index (Phi) is 5.94. The zero-order chi connectivity index (χ0) is 12.9. The second-order valence-corrected chi connectivity index (χ2v) is 6.35. The van der Waals surface area contributed by atoms with Crippen LogP contribution in [0.2, 0.25) is 0 Å². The van der Waals surface area contributed by atoms with Crippen molar-refractivity contribution in [1.82, 2.24) is 5.32 Å². The van der Waals surface area contributed by atoms with Crippen molar-refractivity contribution in [3.8, 4) is 0 Å². The van der Waals surface area contributed by atoms with Gasteiger partial charge >= 0.3 is 0 Å². The standard InChI is InChI=1S/C15H31NO/c1-5-6-7-10-16-14-11-13(12(2)3)8-9-15(14,4)17/h12-14,16-17H,5-11H2,1-4H3. The van der Waals surface area contributed by atoms with Crippen LogP contribution >= 0.6 is 0 Å². The van der Waals surface area contributed by atoms with E-state index in [2.05, 4.69) is 26.1 Å². The maximum Gasteiger partial charge on any atom is 0.0772 e. The molecule has 0 aliphatic heterocycles. The van der Waals surface area contributed by atoms with Crippen molar-refractivity contribution in [3.05, 3.63) is 0 Å². The van der Waals surface area contributed by atoms with E-state index in [0.29, 0.717) is 6.04 Å². The molecule has 17 heavy (non-hydrogen) atoms. The van der Waals surface area contributed by atoms with Crippen molar-refractivity contribution in [2.45, 2.75) is 77.9 Å². The summed E-state index contributed by atoms with van der Waals surface area (Å²) in [5.74, 6) is 1.52. The maximum atomic E-state index is 10.4. The van der Waals surface area contributed by atoms with Crippen LogP contribution in [-0.2, 0) is 0 Å². The fraction of sp³-hybridized carbons (Fsp3) is 1.00. The molecular formula is C15H31NO. The van der Waals surface area contributed by atoms with Gasteiger partial charge in [0.25, 0.3) is 0 Å². The molecule has 0 aromatic heterocycles. The van der Waals surface area contributed by atoms with Gasteiger partial charge in [-0.2, -0.15) is 0 Å². The lowest BCUT2D eigenvalue weighted by Crippen LogP contribution is -2.53. The minimum atomic E-state index is -0.502. The van der Waals surface area contributed by atoms with Gasteiger partial charge in [0.2, 0.25) is 0 Å². The minimum Gasteiger partial charge on any atom is -0.389 e. The fourth-order valence-corrected chi connectivity index (χ4v) is 2.89. The molecular weight excluding hydrogens is 210 g/mol. The van der Waals surface area contributed by atoms with Crippen LogP contribution in [0.4, 0.5) is 0 Å². The third kappa shape index (κ3) is 4.59. The van der Waals surface area contributed by atoms with E-state index in [-0.39, 0.29) is 0 Å². The lowest BCUT2D eigenvalue weighted by atomic mass is 9.72. The monoisotopic (exact) mass is 241 g/mol. The Morgan fingerprint density at radius 3 is 2.65 bits per heavy atom. The summed E-state index contributed by atoms with van der Waals surface area (Å²) >= 11 is 0. The summed E-state index contributed by atoms with van der Waals surface area (Å²) < 4.78 is 0. The molecule has 0 aromatic carbocycles. The second kappa shape index (κ2) is 6.75. The highest BCUT2D eigenvalue weighted by Gasteiger charge is 2.38. The Balaban J connectivity index is 2.41. The molecule has 0 spiro atoms. The van der Waals surface area contributed by atoms with Gasteiger partial charge in [0.15, 0.2) is 0 Å². The normalized spacial score (nSPS) is 34.2. The molecule has 1 rings (SSSR count). The summed E-state index contributed by atoms with van der Waals surface area (Å²) in [4.78, 5) is 0. The first-order valence-electron chi connectivity index (χ1n) is 7.43. The SMILES string of the molecule is CCCCCNC1CC(C(C)C)CCC1(C)O. The van der Waals surface area contributed by atoms with Crippen molar-refractivity contribution in [2.24, 2.45) is 11.8 Å². The van der Waals surface area contributed by atoms with Crippen molar-refractivity contribution in [1.29, 1.82) is 0 Å². The minimum absolute atomic E-state index is 0.292. The van der Waals surface area contributed by atoms with Crippen LogP contribution in [0.1, 0.15) is 66.2 Å². The van der Waals surface area contributed by atoms with E-state index < -0.39 is 5.60 Å². The zero-order valence-electron chi connectivity index (χ0n) is 12.1. The molecule has 3 unspecified atom stereocenters. The van der Waals surface area contributed by atoms with E-state index in [1.54, 1.807) is 0 Å². The van der Waals surface area contributed by atoms with E-state index in [9.17, 15) is 5.11 Å². The van der Waals surface area contributed by atoms with Gasteiger partial charge in [0, 0.05) is 6.04 Å². The summed E-state index contributed by atoms with van der Waals surface area (Å²) in [6.07, 6.45) is 7.04. The molecule has 0 saturated heterocycles. The number of unbranched alkanes of at least 4 members (excludes halogenated alkanes) is 2. The van der Waals surface area contributed by atoms with Crippen LogP contribution in [0.25, 0.3) is 0 Å². The molecule has 1 fully saturated rings. The Bertz CT molecular complexity index is 213. The number of hydrogen-bond donors (Lipinski definition) is 2. The molecule has 2 heteroatoms. The van der Waals surface area contributed by atoms with Crippen LogP contribution in [0, 0.1) is 11.8 Å². The van der Waals surface area contributed by atoms with Crippen LogP contribution in [0.5, 0.6) is 0 Å². The number of hydrogen-bond acceptors (Lipinski definition) is 2. The molecule has 0 aromatic rings. The summed E-state index contributed by atoms with van der Waals surface area (Å²) in [6.45, 7) is 9.89. The summed E-state index contributed by atoms with van der Waals surface area (Å²) in [7, 11) is 0. The average molecular weight is 241 g/mol. The quantitative estimate of drug-likeness (QED) is 0.699. The van der Waals surface area contributed by atoms with Gasteiger partial charge in [0.1, 0.15) is 0 Å². The topological polar surface area (TPSA) is 32.3 Å². The average Bonchev–Trinajstić information content (AvgIpc) is 2.25. The highest BCUT2D eigenvalue weighted by Crippen LogP contribution is 2.35. The lowest BCUT2D eigenvalue weighted by molar-refractivity contribution is -0.0302. The number of aliphatic hydroxyl groups is 1. The van der Waals surface area contributed by atoms with E-state index in [1.165, 1.54) is 25.7 Å². The van der Waals surface area contributed by atoms with Crippen molar-refractivity contribution in [2.75, 3.05) is 6.54 Å². The highest BCUT2D eigenvalue weighted by molar-refractivity contribution is 4.94. The second-order valence-electron chi connectivity index (χ2n) is 6.35. The predicted octanol–water partition coefficient (Wildman–Crippen LogP) is 3.34. The van der Waals surface area contributed by atoms with Gasteiger partial charge in [-0.15, -0.1) is 0 Å². The third-order valence-corrected chi connectivity index (χ3v) is 4.42. The Morgan fingerprint density at radius 1 is 1.35 bits per heavy atom. The molecule has 0 amide bonds. The molecule has 2 nitrogen and oxygen atoms in total. The first kappa shape index (κ1) is 15.0. The molecule has 0 heterocycles. The van der Waals surface area contributed by atoms with Gasteiger partial charge in [-0.3, -0.25) is 0 Å². The first-order valence-corrected chi connectivity index (χ1v) is 7.43.